The Hall–Kier alpha value is -1.23. The van der Waals surface area contributed by atoms with Gasteiger partial charge in [-0.15, -0.1) is 0 Å². The average Bonchev–Trinajstić information content (AvgIpc) is 2.23. The van der Waals surface area contributed by atoms with Crippen LogP contribution < -0.4 is 5.32 Å². The maximum absolute atomic E-state index is 13.2. The molecule has 0 saturated carbocycles. The Morgan fingerprint density at radius 3 is 2.44 bits per heavy atom. The minimum Gasteiger partial charge on any atom is -0.385 e. The molecule has 1 unspecified atom stereocenters. The summed E-state index contributed by atoms with van der Waals surface area (Å²) >= 11 is 0. The molecule has 16 heavy (non-hydrogen) atoms. The molecule has 0 spiro atoms. The first-order valence-corrected chi connectivity index (χ1v) is 4.94. The molecule has 1 N–H and O–H groups in total. The van der Waals surface area contributed by atoms with Crippen molar-refractivity contribution in [1.82, 2.24) is 0 Å². The third-order valence-electron chi connectivity index (χ3n) is 2.17. The number of benzene rings is 1. The SMILES string of the molecule is COCCC(C)Nc1cc(F)c(F)cc1F. The predicted octanol–water partition coefficient (Wildman–Crippen LogP) is 2.94. The van der Waals surface area contributed by atoms with E-state index >= 15 is 0 Å². The van der Waals surface area contributed by atoms with Crippen LogP contribution in [0.15, 0.2) is 12.1 Å². The van der Waals surface area contributed by atoms with Gasteiger partial charge in [0.15, 0.2) is 11.6 Å². The van der Waals surface area contributed by atoms with Crippen molar-refractivity contribution in [3.05, 3.63) is 29.6 Å². The number of halogens is 3. The van der Waals surface area contributed by atoms with Crippen molar-refractivity contribution >= 4 is 5.69 Å². The lowest BCUT2D eigenvalue weighted by Crippen LogP contribution is -2.18. The van der Waals surface area contributed by atoms with Gasteiger partial charge in [0, 0.05) is 31.9 Å². The van der Waals surface area contributed by atoms with Crippen molar-refractivity contribution in [2.24, 2.45) is 0 Å². The Morgan fingerprint density at radius 2 is 1.81 bits per heavy atom. The lowest BCUT2D eigenvalue weighted by atomic mass is 10.2. The summed E-state index contributed by atoms with van der Waals surface area (Å²) in [5.74, 6) is -3.06. The van der Waals surface area contributed by atoms with Crippen molar-refractivity contribution in [1.29, 1.82) is 0 Å². The fourth-order valence-corrected chi connectivity index (χ4v) is 1.27. The second-order valence-corrected chi connectivity index (χ2v) is 3.57. The highest BCUT2D eigenvalue weighted by Crippen LogP contribution is 2.19. The fourth-order valence-electron chi connectivity index (χ4n) is 1.27. The summed E-state index contributed by atoms with van der Waals surface area (Å²) in [6.07, 6.45) is 0.648. The molecule has 0 aromatic heterocycles. The van der Waals surface area contributed by atoms with Crippen LogP contribution in [0.5, 0.6) is 0 Å². The van der Waals surface area contributed by atoms with E-state index in [1.165, 1.54) is 0 Å². The monoisotopic (exact) mass is 233 g/mol. The third kappa shape index (κ3) is 3.41. The first kappa shape index (κ1) is 12.8. The Bertz CT molecular complexity index is 357. The van der Waals surface area contributed by atoms with E-state index in [2.05, 4.69) is 5.32 Å². The van der Waals surface area contributed by atoms with Crippen molar-refractivity contribution in [2.75, 3.05) is 19.0 Å². The van der Waals surface area contributed by atoms with Crippen LogP contribution in [0.25, 0.3) is 0 Å². The highest BCUT2D eigenvalue weighted by molar-refractivity contribution is 5.45. The van der Waals surface area contributed by atoms with Gasteiger partial charge < -0.3 is 10.1 Å². The molecule has 0 saturated heterocycles. The predicted molar refractivity (Wildman–Crippen MR) is 55.9 cm³/mol. The third-order valence-corrected chi connectivity index (χ3v) is 2.17. The van der Waals surface area contributed by atoms with Crippen molar-refractivity contribution < 1.29 is 17.9 Å². The molecule has 2 nitrogen and oxygen atoms in total. The number of hydrogen-bond acceptors (Lipinski definition) is 2. The van der Waals surface area contributed by atoms with Crippen LogP contribution in [0.3, 0.4) is 0 Å². The quantitative estimate of drug-likeness (QED) is 0.789. The van der Waals surface area contributed by atoms with Gasteiger partial charge in [-0.05, 0) is 13.3 Å². The molecule has 5 heteroatoms. The molecule has 0 aliphatic rings. The van der Waals surface area contributed by atoms with E-state index in [9.17, 15) is 13.2 Å². The summed E-state index contributed by atoms with van der Waals surface area (Å²) in [4.78, 5) is 0. The van der Waals surface area contributed by atoms with Gasteiger partial charge in [-0.3, -0.25) is 0 Å². The second kappa shape index (κ2) is 5.75. The first-order chi connectivity index (χ1) is 7.54. The maximum Gasteiger partial charge on any atom is 0.161 e. The normalized spacial score (nSPS) is 12.6. The lowest BCUT2D eigenvalue weighted by molar-refractivity contribution is 0.191. The van der Waals surface area contributed by atoms with Crippen LogP contribution >= 0.6 is 0 Å². The van der Waals surface area contributed by atoms with E-state index in [4.69, 9.17) is 4.74 Å². The summed E-state index contributed by atoms with van der Waals surface area (Å²) in [5.41, 5.74) is -0.0393. The van der Waals surface area contributed by atoms with Crippen molar-refractivity contribution in [2.45, 2.75) is 19.4 Å². The Balaban J connectivity index is 2.69. The first-order valence-electron chi connectivity index (χ1n) is 4.94. The molecule has 0 aliphatic carbocycles. The topological polar surface area (TPSA) is 21.3 Å². The molecule has 1 aromatic rings. The zero-order valence-corrected chi connectivity index (χ0v) is 9.19. The molecule has 0 aliphatic heterocycles. The lowest BCUT2D eigenvalue weighted by Gasteiger charge is -2.15. The molecule has 0 amide bonds. The van der Waals surface area contributed by atoms with E-state index in [0.29, 0.717) is 19.1 Å². The van der Waals surface area contributed by atoms with E-state index in [1.807, 2.05) is 0 Å². The van der Waals surface area contributed by atoms with E-state index in [-0.39, 0.29) is 11.7 Å². The number of rotatable bonds is 5. The van der Waals surface area contributed by atoms with Gasteiger partial charge in [0.05, 0.1) is 5.69 Å². The summed E-state index contributed by atoms with van der Waals surface area (Å²) < 4.78 is 43.6. The standard InChI is InChI=1S/C11H14F3NO/c1-7(3-4-16-2)15-11-6-9(13)8(12)5-10(11)14/h5-7,15H,3-4H2,1-2H3. The molecule has 1 rings (SSSR count). The minimum atomic E-state index is -1.19. The Labute approximate surface area is 92.4 Å². The molecular weight excluding hydrogens is 219 g/mol. The molecule has 90 valence electrons. The fraction of sp³-hybridized carbons (Fsp3) is 0.455. The van der Waals surface area contributed by atoms with Gasteiger partial charge in [-0.1, -0.05) is 0 Å². The van der Waals surface area contributed by atoms with Gasteiger partial charge in [0.25, 0.3) is 0 Å². The Kier molecular flexibility index (Phi) is 4.61. The molecule has 0 radical (unpaired) electrons. The number of ether oxygens (including phenoxy) is 1. The van der Waals surface area contributed by atoms with Crippen LogP contribution in [0.2, 0.25) is 0 Å². The Morgan fingerprint density at radius 1 is 1.19 bits per heavy atom. The maximum atomic E-state index is 13.2. The number of hydrogen-bond donors (Lipinski definition) is 1. The second-order valence-electron chi connectivity index (χ2n) is 3.57. The van der Waals surface area contributed by atoms with Crippen LogP contribution in [0.1, 0.15) is 13.3 Å². The average molecular weight is 233 g/mol. The van der Waals surface area contributed by atoms with Crippen molar-refractivity contribution in [3.63, 3.8) is 0 Å². The number of methoxy groups -OCH3 is 1. The van der Waals surface area contributed by atoms with Crippen molar-refractivity contribution in [3.8, 4) is 0 Å². The smallest absolute Gasteiger partial charge is 0.161 e. The molecule has 1 aromatic carbocycles. The summed E-state index contributed by atoms with van der Waals surface area (Å²) in [6, 6.07) is 1.26. The van der Waals surface area contributed by atoms with Gasteiger partial charge in [0.2, 0.25) is 0 Å². The van der Waals surface area contributed by atoms with E-state index < -0.39 is 17.5 Å². The highest BCUT2D eigenvalue weighted by Gasteiger charge is 2.11. The van der Waals surface area contributed by atoms with E-state index in [0.717, 1.165) is 6.07 Å². The molecule has 0 heterocycles. The highest BCUT2D eigenvalue weighted by atomic mass is 19.2. The van der Waals surface area contributed by atoms with Crippen LogP contribution in [-0.4, -0.2) is 19.8 Å². The number of anilines is 1. The van der Waals surface area contributed by atoms with Gasteiger partial charge in [0.1, 0.15) is 5.82 Å². The molecule has 0 fully saturated rings. The van der Waals surface area contributed by atoms with Crippen LogP contribution in [0.4, 0.5) is 18.9 Å². The van der Waals surface area contributed by atoms with Gasteiger partial charge >= 0.3 is 0 Å². The summed E-state index contributed by atoms with van der Waals surface area (Å²) in [5, 5.41) is 2.75. The van der Waals surface area contributed by atoms with E-state index in [1.54, 1.807) is 14.0 Å². The minimum absolute atomic E-state index is 0.0393. The molecular formula is C11H14F3NO. The number of nitrogens with one attached hydrogen (secondary N) is 1. The summed E-state index contributed by atoms with van der Waals surface area (Å²) in [7, 11) is 1.56. The molecule has 0 bridgehead atoms. The zero-order chi connectivity index (χ0) is 12.1. The largest absolute Gasteiger partial charge is 0.385 e. The summed E-state index contributed by atoms with van der Waals surface area (Å²) in [6.45, 7) is 2.32. The van der Waals surface area contributed by atoms with Gasteiger partial charge in [-0.2, -0.15) is 0 Å². The van der Waals surface area contributed by atoms with Crippen LogP contribution in [-0.2, 0) is 4.74 Å². The van der Waals surface area contributed by atoms with Gasteiger partial charge in [-0.25, -0.2) is 13.2 Å². The zero-order valence-electron chi connectivity index (χ0n) is 9.19. The van der Waals surface area contributed by atoms with Crippen LogP contribution in [0, 0.1) is 17.5 Å². The molecule has 1 atom stereocenters.